The van der Waals surface area contributed by atoms with Gasteiger partial charge < -0.3 is 0 Å². The maximum absolute atomic E-state index is 13.1. The van der Waals surface area contributed by atoms with E-state index in [9.17, 15) is 13.2 Å². The van der Waals surface area contributed by atoms with Crippen molar-refractivity contribution in [1.29, 1.82) is 0 Å². The molecule has 2 aromatic carbocycles. The van der Waals surface area contributed by atoms with E-state index in [1.54, 1.807) is 42.5 Å². The number of ketones is 1. The number of nitrogens with zero attached hydrogens (tertiary/aromatic N) is 1. The van der Waals surface area contributed by atoms with Gasteiger partial charge in [0.1, 0.15) is 0 Å². The lowest BCUT2D eigenvalue weighted by Gasteiger charge is -2.15. The number of hydrogen-bond donors (Lipinski definition) is 0. The Morgan fingerprint density at radius 3 is 2.16 bits per heavy atom. The van der Waals surface area contributed by atoms with Crippen LogP contribution < -0.4 is 0 Å². The van der Waals surface area contributed by atoms with Crippen LogP contribution in [0.5, 0.6) is 0 Å². The van der Waals surface area contributed by atoms with Crippen molar-refractivity contribution >= 4 is 26.7 Å². The van der Waals surface area contributed by atoms with Gasteiger partial charge in [0, 0.05) is 22.6 Å². The second-order valence-electron chi connectivity index (χ2n) is 7.25. The predicted octanol–water partition coefficient (Wildman–Crippen LogP) is 4.42. The van der Waals surface area contributed by atoms with Crippen LogP contribution in [0.25, 0.3) is 10.9 Å². The normalized spacial score (nSPS) is 12.5. The summed E-state index contributed by atoms with van der Waals surface area (Å²) in [5, 5.41) is 0.651. The van der Waals surface area contributed by atoms with E-state index >= 15 is 0 Å². The Morgan fingerprint density at radius 2 is 1.56 bits per heavy atom. The Bertz CT molecular complexity index is 1050. The molecule has 0 atom stereocenters. The van der Waals surface area contributed by atoms with Crippen LogP contribution >= 0.6 is 0 Å². The van der Waals surface area contributed by atoms with E-state index in [-0.39, 0.29) is 10.7 Å². The highest BCUT2D eigenvalue weighted by molar-refractivity contribution is 7.90. The number of hydrogen-bond acceptors (Lipinski definition) is 3. The van der Waals surface area contributed by atoms with E-state index in [0.29, 0.717) is 16.5 Å². The maximum Gasteiger partial charge on any atom is 0.268 e. The number of carbonyl (C=O) groups excluding carboxylic acids is 1. The first-order valence-electron chi connectivity index (χ1n) is 8.09. The number of carbonyl (C=O) groups is 1. The maximum atomic E-state index is 13.1. The van der Waals surface area contributed by atoms with E-state index in [1.165, 1.54) is 10.2 Å². The van der Waals surface area contributed by atoms with E-state index in [1.807, 2.05) is 33.8 Å². The summed E-state index contributed by atoms with van der Waals surface area (Å²) in [6.45, 7) is 7.39. The third kappa shape index (κ3) is 3.00. The Balaban J connectivity index is 2.27. The molecule has 1 heterocycles. The number of rotatable bonds is 3. The van der Waals surface area contributed by atoms with Crippen LogP contribution in [0.15, 0.2) is 59.6 Å². The molecule has 130 valence electrons. The summed E-state index contributed by atoms with van der Waals surface area (Å²) in [6, 6.07) is 13.8. The predicted molar refractivity (Wildman–Crippen MR) is 99.5 cm³/mol. The number of para-hydroxylation sites is 1. The average Bonchev–Trinajstić information content (AvgIpc) is 2.94. The third-order valence-electron chi connectivity index (χ3n) is 4.18. The Morgan fingerprint density at radius 1 is 0.960 bits per heavy atom. The fraction of sp³-hybridized carbons (Fsp3) is 0.250. The minimum Gasteiger partial charge on any atom is -0.294 e. The SMILES string of the molecule is Cc1ccc(S(=O)(=O)n2cc(C(=O)C(C)(C)C)c3ccccc32)cc1. The van der Waals surface area contributed by atoms with Gasteiger partial charge in [0.25, 0.3) is 10.0 Å². The van der Waals surface area contributed by atoms with Crippen molar-refractivity contribution in [3.8, 4) is 0 Å². The van der Waals surface area contributed by atoms with Crippen LogP contribution in [0, 0.1) is 12.3 Å². The molecule has 3 rings (SSSR count). The van der Waals surface area contributed by atoms with Gasteiger partial charge in [-0.3, -0.25) is 4.79 Å². The summed E-state index contributed by atoms with van der Waals surface area (Å²) >= 11 is 0. The van der Waals surface area contributed by atoms with Gasteiger partial charge in [0.2, 0.25) is 0 Å². The largest absolute Gasteiger partial charge is 0.294 e. The lowest BCUT2D eigenvalue weighted by molar-refractivity contribution is 0.0860. The summed E-state index contributed by atoms with van der Waals surface area (Å²) in [5.41, 5.74) is 1.33. The van der Waals surface area contributed by atoms with Crippen LogP contribution in [-0.2, 0) is 10.0 Å². The molecule has 0 aliphatic rings. The minimum absolute atomic E-state index is 0.0819. The molecule has 0 unspecified atom stereocenters. The highest BCUT2D eigenvalue weighted by Gasteiger charge is 2.29. The van der Waals surface area contributed by atoms with E-state index in [2.05, 4.69) is 0 Å². The van der Waals surface area contributed by atoms with Gasteiger partial charge in [-0.25, -0.2) is 12.4 Å². The lowest BCUT2D eigenvalue weighted by Crippen LogP contribution is -2.20. The van der Waals surface area contributed by atoms with Gasteiger partial charge in [0.15, 0.2) is 5.78 Å². The molecule has 0 bridgehead atoms. The number of aryl methyl sites for hydroxylation is 1. The Labute approximate surface area is 148 Å². The summed E-state index contributed by atoms with van der Waals surface area (Å²) < 4.78 is 27.4. The first kappa shape index (κ1) is 17.4. The summed E-state index contributed by atoms with van der Waals surface area (Å²) in [4.78, 5) is 13.0. The molecule has 0 saturated heterocycles. The van der Waals surface area contributed by atoms with Gasteiger partial charge in [-0.15, -0.1) is 0 Å². The molecular formula is C20H21NO3S. The molecule has 4 nitrogen and oxygen atoms in total. The summed E-state index contributed by atoms with van der Waals surface area (Å²) in [7, 11) is -3.78. The zero-order chi connectivity index (χ0) is 18.4. The molecular weight excluding hydrogens is 334 g/mol. The first-order chi connectivity index (χ1) is 11.6. The van der Waals surface area contributed by atoms with Crippen LogP contribution in [0.2, 0.25) is 0 Å². The van der Waals surface area contributed by atoms with Crippen molar-refractivity contribution < 1.29 is 13.2 Å². The molecule has 0 saturated carbocycles. The van der Waals surface area contributed by atoms with Crippen molar-refractivity contribution in [2.75, 3.05) is 0 Å². The molecule has 0 fully saturated rings. The van der Waals surface area contributed by atoms with Gasteiger partial charge >= 0.3 is 0 Å². The van der Waals surface area contributed by atoms with Crippen LogP contribution in [0.1, 0.15) is 36.7 Å². The molecule has 0 aliphatic heterocycles. The highest BCUT2D eigenvalue weighted by Crippen LogP contribution is 2.30. The minimum atomic E-state index is -3.78. The number of aromatic nitrogens is 1. The smallest absolute Gasteiger partial charge is 0.268 e. The number of fused-ring (bicyclic) bond motifs is 1. The average molecular weight is 355 g/mol. The van der Waals surface area contributed by atoms with E-state index in [0.717, 1.165) is 5.56 Å². The zero-order valence-corrected chi connectivity index (χ0v) is 15.6. The van der Waals surface area contributed by atoms with E-state index in [4.69, 9.17) is 0 Å². The summed E-state index contributed by atoms with van der Waals surface area (Å²) in [5.74, 6) is -0.0819. The van der Waals surface area contributed by atoms with Crippen LogP contribution in [0.3, 0.4) is 0 Å². The molecule has 0 radical (unpaired) electrons. The third-order valence-corrected chi connectivity index (χ3v) is 5.87. The van der Waals surface area contributed by atoms with Crippen molar-refractivity contribution in [2.45, 2.75) is 32.6 Å². The number of Topliss-reactive ketones (excluding diaryl/α,β-unsaturated/α-hetero) is 1. The Kier molecular flexibility index (Phi) is 4.07. The van der Waals surface area contributed by atoms with Gasteiger partial charge in [-0.05, 0) is 25.1 Å². The molecule has 0 aliphatic carbocycles. The molecule has 0 N–H and O–H groups in total. The lowest BCUT2D eigenvalue weighted by atomic mass is 9.86. The van der Waals surface area contributed by atoms with Gasteiger partial charge in [0.05, 0.1) is 10.4 Å². The molecule has 25 heavy (non-hydrogen) atoms. The Hall–Kier alpha value is -2.40. The molecule has 0 spiro atoms. The quantitative estimate of drug-likeness (QED) is 0.654. The second-order valence-corrected chi connectivity index (χ2v) is 9.07. The highest BCUT2D eigenvalue weighted by atomic mass is 32.2. The standard InChI is InChI=1S/C20H21NO3S/c1-14-9-11-15(12-10-14)25(23,24)21-13-17(19(22)20(2,3)4)16-7-5-6-8-18(16)21/h5-13H,1-4H3. The number of benzene rings is 2. The van der Waals surface area contributed by atoms with Crippen molar-refractivity contribution in [3.63, 3.8) is 0 Å². The van der Waals surface area contributed by atoms with Crippen molar-refractivity contribution in [3.05, 3.63) is 65.9 Å². The molecule has 5 heteroatoms. The van der Waals surface area contributed by atoms with Gasteiger partial charge in [-0.2, -0.15) is 0 Å². The van der Waals surface area contributed by atoms with Crippen LogP contribution in [-0.4, -0.2) is 18.2 Å². The fourth-order valence-corrected chi connectivity index (χ4v) is 4.13. The topological polar surface area (TPSA) is 56.1 Å². The van der Waals surface area contributed by atoms with Crippen LogP contribution in [0.4, 0.5) is 0 Å². The van der Waals surface area contributed by atoms with Crippen molar-refractivity contribution in [1.82, 2.24) is 3.97 Å². The fourth-order valence-electron chi connectivity index (χ4n) is 2.76. The zero-order valence-electron chi connectivity index (χ0n) is 14.8. The second kappa shape index (κ2) is 5.85. The molecule has 1 aromatic heterocycles. The monoisotopic (exact) mass is 355 g/mol. The summed E-state index contributed by atoms with van der Waals surface area (Å²) in [6.07, 6.45) is 1.45. The van der Waals surface area contributed by atoms with Gasteiger partial charge in [-0.1, -0.05) is 56.7 Å². The first-order valence-corrected chi connectivity index (χ1v) is 9.53. The van der Waals surface area contributed by atoms with E-state index < -0.39 is 15.4 Å². The molecule has 3 aromatic rings. The van der Waals surface area contributed by atoms with Crippen molar-refractivity contribution in [2.24, 2.45) is 5.41 Å². The molecule has 0 amide bonds.